The molecular weight excluding hydrogens is 318 g/mol. The van der Waals surface area contributed by atoms with Crippen LogP contribution in [-0.4, -0.2) is 34.8 Å². The van der Waals surface area contributed by atoms with E-state index < -0.39 is 12.5 Å². The lowest BCUT2D eigenvalue weighted by atomic mass is 10.1. The van der Waals surface area contributed by atoms with Crippen molar-refractivity contribution in [3.05, 3.63) is 27.8 Å². The molecule has 0 unspecified atom stereocenters. The molecule has 0 spiro atoms. The van der Waals surface area contributed by atoms with Gasteiger partial charge in [0.05, 0.1) is 11.4 Å². The molecule has 6 heteroatoms. The number of aromatic nitrogens is 1. The Balaban J connectivity index is 0.00000192. The minimum Gasteiger partial charge on any atom is -0.332 e. The number of amides is 1. The summed E-state index contributed by atoms with van der Waals surface area (Å²) in [5, 5.41) is 0.975. The van der Waals surface area contributed by atoms with Crippen molar-refractivity contribution in [2.24, 2.45) is 0 Å². The number of hydrogen-bond acceptors (Lipinski definition) is 3. The average molecular weight is 340 g/mol. The maximum atomic E-state index is 13.5. The molecule has 0 aliphatic carbocycles. The predicted octanol–water partition coefficient (Wildman–Crippen LogP) is 4.73. The average Bonchev–Trinajstić information content (AvgIpc) is 2.73. The largest absolute Gasteiger partial charge is 0.332 e. The number of rotatable bonds is 1. The van der Waals surface area contributed by atoms with E-state index in [4.69, 9.17) is 0 Å². The zero-order chi connectivity index (χ0) is 16.1. The summed E-state index contributed by atoms with van der Waals surface area (Å²) in [6.07, 6.45) is 0.209. The van der Waals surface area contributed by atoms with Gasteiger partial charge in [-0.25, -0.2) is 13.8 Å². The van der Waals surface area contributed by atoms with Gasteiger partial charge in [-0.2, -0.15) is 0 Å². The number of pyridine rings is 1. The summed E-state index contributed by atoms with van der Waals surface area (Å²) >= 11 is 1.31. The molecular formula is C17H22F2N2OS. The van der Waals surface area contributed by atoms with Crippen LogP contribution in [0, 0.1) is 20.8 Å². The second-order valence-electron chi connectivity index (χ2n) is 6.00. The lowest BCUT2D eigenvalue weighted by Crippen LogP contribution is -2.45. The second kappa shape index (κ2) is 6.15. The number of likely N-dealkylation sites (tertiary alicyclic amines) is 1. The summed E-state index contributed by atoms with van der Waals surface area (Å²) in [5.41, 5.74) is 2.82. The summed E-state index contributed by atoms with van der Waals surface area (Å²) in [6, 6.07) is 1.98. The monoisotopic (exact) mass is 340 g/mol. The van der Waals surface area contributed by atoms with E-state index in [1.54, 1.807) is 0 Å². The molecule has 0 aromatic carbocycles. The van der Waals surface area contributed by atoms with Gasteiger partial charge < -0.3 is 4.90 Å². The van der Waals surface area contributed by atoms with Crippen molar-refractivity contribution in [3.8, 4) is 0 Å². The molecule has 0 bridgehead atoms. The van der Waals surface area contributed by atoms with E-state index in [9.17, 15) is 13.6 Å². The van der Waals surface area contributed by atoms with Crippen LogP contribution in [0.25, 0.3) is 10.2 Å². The molecule has 2 aromatic rings. The van der Waals surface area contributed by atoms with Crippen LogP contribution in [0.4, 0.5) is 8.78 Å². The third kappa shape index (κ3) is 3.22. The minimum atomic E-state index is -2.77. The molecule has 3 heterocycles. The quantitative estimate of drug-likeness (QED) is 0.752. The van der Waals surface area contributed by atoms with Gasteiger partial charge in [0.1, 0.15) is 4.83 Å². The highest BCUT2D eigenvalue weighted by Gasteiger charge is 2.38. The van der Waals surface area contributed by atoms with Gasteiger partial charge in [-0.05, 0) is 44.4 Å². The van der Waals surface area contributed by atoms with Gasteiger partial charge >= 0.3 is 0 Å². The molecule has 3 rings (SSSR count). The second-order valence-corrected chi connectivity index (χ2v) is 7.00. The molecule has 1 aliphatic rings. The zero-order valence-electron chi connectivity index (χ0n) is 12.9. The van der Waals surface area contributed by atoms with Crippen molar-refractivity contribution in [3.63, 3.8) is 0 Å². The van der Waals surface area contributed by atoms with Gasteiger partial charge in [0.2, 0.25) is 0 Å². The van der Waals surface area contributed by atoms with Crippen molar-refractivity contribution in [1.82, 2.24) is 9.88 Å². The summed E-state index contributed by atoms with van der Waals surface area (Å²) in [6.45, 7) is 5.69. The molecule has 0 atom stereocenters. The number of nitrogens with zero attached hydrogens (tertiary/aromatic N) is 2. The Labute approximate surface area is 139 Å². The number of aryl methyl sites for hydroxylation is 3. The lowest BCUT2D eigenvalue weighted by Gasteiger charge is -2.32. The number of alkyl halides is 2. The van der Waals surface area contributed by atoms with Crippen molar-refractivity contribution in [1.29, 1.82) is 0 Å². The zero-order valence-corrected chi connectivity index (χ0v) is 13.7. The topological polar surface area (TPSA) is 33.2 Å². The number of halogens is 2. The SMILES string of the molecule is C.Cc1cc(C)c2c(C)c(C(=O)N3CCCC(F)(F)C3)sc2n1. The van der Waals surface area contributed by atoms with Crippen molar-refractivity contribution < 1.29 is 13.6 Å². The minimum absolute atomic E-state index is 0. The third-order valence-corrected chi connectivity index (χ3v) is 5.27. The summed E-state index contributed by atoms with van der Waals surface area (Å²) < 4.78 is 27.1. The van der Waals surface area contributed by atoms with Crippen LogP contribution in [0.2, 0.25) is 0 Å². The summed E-state index contributed by atoms with van der Waals surface area (Å²) in [4.78, 5) is 19.7. The maximum Gasteiger partial charge on any atom is 0.265 e. The highest BCUT2D eigenvalue weighted by atomic mass is 32.1. The van der Waals surface area contributed by atoms with E-state index in [1.165, 1.54) is 16.2 Å². The Bertz CT molecular complexity index is 755. The fraction of sp³-hybridized carbons (Fsp3) is 0.529. The Kier molecular flexibility index (Phi) is 4.76. The Morgan fingerprint density at radius 1 is 1.35 bits per heavy atom. The number of hydrogen-bond donors (Lipinski definition) is 0. The normalized spacial score (nSPS) is 17.2. The molecule has 1 aliphatic heterocycles. The van der Waals surface area contributed by atoms with E-state index in [0.29, 0.717) is 17.8 Å². The van der Waals surface area contributed by atoms with Crippen LogP contribution < -0.4 is 0 Å². The number of piperidine rings is 1. The van der Waals surface area contributed by atoms with Crippen molar-refractivity contribution >= 4 is 27.5 Å². The molecule has 0 radical (unpaired) electrons. The van der Waals surface area contributed by atoms with E-state index in [2.05, 4.69) is 4.98 Å². The van der Waals surface area contributed by atoms with Crippen LogP contribution in [0.5, 0.6) is 0 Å². The van der Waals surface area contributed by atoms with E-state index in [-0.39, 0.29) is 19.8 Å². The highest BCUT2D eigenvalue weighted by molar-refractivity contribution is 7.20. The maximum absolute atomic E-state index is 13.5. The first-order valence-electron chi connectivity index (χ1n) is 7.33. The molecule has 0 N–H and O–H groups in total. The molecule has 3 nitrogen and oxygen atoms in total. The van der Waals surface area contributed by atoms with E-state index in [0.717, 1.165) is 27.0 Å². The van der Waals surface area contributed by atoms with E-state index in [1.807, 2.05) is 26.8 Å². The molecule has 1 fully saturated rings. The molecule has 23 heavy (non-hydrogen) atoms. The van der Waals surface area contributed by atoms with Gasteiger partial charge in [0.25, 0.3) is 11.8 Å². The smallest absolute Gasteiger partial charge is 0.265 e. The first-order valence-corrected chi connectivity index (χ1v) is 8.14. The van der Waals surface area contributed by atoms with Crippen LogP contribution >= 0.6 is 11.3 Å². The Morgan fingerprint density at radius 2 is 2.04 bits per heavy atom. The molecule has 1 saturated heterocycles. The fourth-order valence-corrected chi connectivity index (χ4v) is 4.38. The first-order chi connectivity index (χ1) is 10.3. The number of thiophene rings is 1. The Hall–Kier alpha value is -1.56. The standard InChI is InChI=1S/C16H18F2N2OS.CH4/c1-9-7-10(2)19-14-12(9)11(3)13(22-14)15(21)20-6-4-5-16(17,18)8-20;/h7H,4-6,8H2,1-3H3;1H4. The molecule has 0 saturated carbocycles. The first kappa shape index (κ1) is 17.8. The van der Waals surface area contributed by atoms with Crippen molar-refractivity contribution in [2.75, 3.05) is 13.1 Å². The van der Waals surface area contributed by atoms with Gasteiger partial charge in [-0.3, -0.25) is 4.79 Å². The Morgan fingerprint density at radius 3 is 2.70 bits per heavy atom. The van der Waals surface area contributed by atoms with E-state index >= 15 is 0 Å². The lowest BCUT2D eigenvalue weighted by molar-refractivity contribution is -0.0559. The van der Waals surface area contributed by atoms with Gasteiger partial charge in [0, 0.05) is 24.0 Å². The summed E-state index contributed by atoms with van der Waals surface area (Å²) in [5.74, 6) is -3.07. The fourth-order valence-electron chi connectivity index (χ4n) is 3.11. The van der Waals surface area contributed by atoms with Gasteiger partial charge in [0.15, 0.2) is 0 Å². The van der Waals surface area contributed by atoms with Gasteiger partial charge in [-0.15, -0.1) is 11.3 Å². The number of carbonyl (C=O) groups is 1. The molecule has 1 amide bonds. The van der Waals surface area contributed by atoms with Crippen LogP contribution in [-0.2, 0) is 0 Å². The number of fused-ring (bicyclic) bond motifs is 1. The predicted molar refractivity (Wildman–Crippen MR) is 90.6 cm³/mol. The molecule has 2 aromatic heterocycles. The number of carbonyl (C=O) groups excluding carboxylic acids is 1. The highest BCUT2D eigenvalue weighted by Crippen LogP contribution is 2.34. The van der Waals surface area contributed by atoms with Crippen LogP contribution in [0.15, 0.2) is 6.07 Å². The molecule has 126 valence electrons. The van der Waals surface area contributed by atoms with Crippen molar-refractivity contribution in [2.45, 2.75) is 47.0 Å². The van der Waals surface area contributed by atoms with Crippen LogP contribution in [0.3, 0.4) is 0 Å². The third-order valence-electron chi connectivity index (χ3n) is 4.10. The summed E-state index contributed by atoms with van der Waals surface area (Å²) in [7, 11) is 0. The van der Waals surface area contributed by atoms with Crippen LogP contribution in [0.1, 0.15) is 46.8 Å². The van der Waals surface area contributed by atoms with Gasteiger partial charge in [-0.1, -0.05) is 7.43 Å².